The molecule has 0 bridgehead atoms. The molecule has 3 aromatic carbocycles. The molecule has 0 fully saturated rings. The number of hydrogen-bond acceptors (Lipinski definition) is 1. The van der Waals surface area contributed by atoms with Gasteiger partial charge in [0.1, 0.15) is 0 Å². The van der Waals surface area contributed by atoms with E-state index in [-0.39, 0.29) is 0 Å². The summed E-state index contributed by atoms with van der Waals surface area (Å²) in [5, 5.41) is 5.43. The van der Waals surface area contributed by atoms with Gasteiger partial charge in [-0.2, -0.15) is 0 Å². The molecule has 2 N–H and O–H groups in total. The molecule has 1 unspecified atom stereocenters. The molecule has 1 aliphatic rings. The average Bonchev–Trinajstić information content (AvgIpc) is 2.46. The predicted molar refractivity (Wildman–Crippen MR) is 81.5 cm³/mol. The van der Waals surface area contributed by atoms with E-state index in [1.807, 2.05) is 0 Å². The molecule has 0 amide bonds. The summed E-state index contributed by atoms with van der Waals surface area (Å²) < 4.78 is 0. The Kier molecular flexibility index (Phi) is 2.36. The monoisotopic (exact) mass is 247 g/mol. The van der Waals surface area contributed by atoms with Gasteiger partial charge in [-0.1, -0.05) is 48.5 Å². The van der Waals surface area contributed by atoms with E-state index >= 15 is 0 Å². The second-order valence-corrected chi connectivity index (χ2v) is 5.59. The minimum absolute atomic E-state index is 0.324. The highest BCUT2D eigenvalue weighted by Crippen LogP contribution is 2.32. The van der Waals surface area contributed by atoms with Gasteiger partial charge in [-0.05, 0) is 51.9 Å². The third-order valence-electron chi connectivity index (χ3n) is 4.39. The summed E-state index contributed by atoms with van der Waals surface area (Å²) in [7, 11) is 0. The first kappa shape index (κ1) is 11.0. The van der Waals surface area contributed by atoms with E-state index in [0.29, 0.717) is 6.04 Å². The molecule has 0 aromatic heterocycles. The Morgan fingerprint density at radius 3 is 2.63 bits per heavy atom. The number of fused-ring (bicyclic) bond motifs is 5. The lowest BCUT2D eigenvalue weighted by molar-refractivity contribution is 0.579. The van der Waals surface area contributed by atoms with E-state index in [0.717, 1.165) is 19.3 Å². The Labute approximate surface area is 113 Å². The first-order valence-corrected chi connectivity index (χ1v) is 7.01. The number of rotatable bonds is 0. The summed E-state index contributed by atoms with van der Waals surface area (Å²) in [5.74, 6) is 0. The fourth-order valence-corrected chi connectivity index (χ4v) is 3.38. The van der Waals surface area contributed by atoms with E-state index in [2.05, 4.69) is 48.5 Å². The molecular formula is C18H17N. The van der Waals surface area contributed by atoms with E-state index in [1.54, 1.807) is 0 Å². The highest BCUT2D eigenvalue weighted by atomic mass is 14.6. The van der Waals surface area contributed by atoms with Gasteiger partial charge in [-0.3, -0.25) is 0 Å². The molecule has 1 heteroatoms. The van der Waals surface area contributed by atoms with Crippen molar-refractivity contribution in [2.24, 2.45) is 5.73 Å². The van der Waals surface area contributed by atoms with E-state index in [1.165, 1.54) is 32.7 Å². The second-order valence-electron chi connectivity index (χ2n) is 5.59. The lowest BCUT2D eigenvalue weighted by atomic mass is 9.84. The van der Waals surface area contributed by atoms with Crippen molar-refractivity contribution < 1.29 is 0 Å². The Morgan fingerprint density at radius 1 is 0.842 bits per heavy atom. The van der Waals surface area contributed by atoms with Crippen molar-refractivity contribution >= 4 is 21.5 Å². The third-order valence-corrected chi connectivity index (χ3v) is 4.39. The molecule has 4 rings (SSSR count). The highest BCUT2D eigenvalue weighted by Gasteiger charge is 2.18. The van der Waals surface area contributed by atoms with Crippen molar-refractivity contribution in [3.8, 4) is 0 Å². The van der Waals surface area contributed by atoms with Crippen molar-refractivity contribution in [3.63, 3.8) is 0 Å². The van der Waals surface area contributed by atoms with E-state index < -0.39 is 0 Å². The molecule has 1 aliphatic carbocycles. The normalized spacial score (nSPS) is 18.7. The smallest absolute Gasteiger partial charge is 0.00828 e. The molecule has 1 nitrogen and oxygen atoms in total. The van der Waals surface area contributed by atoms with Crippen molar-refractivity contribution in [2.75, 3.05) is 0 Å². The number of hydrogen-bond donors (Lipinski definition) is 1. The van der Waals surface area contributed by atoms with Crippen LogP contribution in [0.5, 0.6) is 0 Å². The van der Waals surface area contributed by atoms with Crippen LogP contribution < -0.4 is 5.73 Å². The van der Waals surface area contributed by atoms with Crippen LogP contribution in [-0.4, -0.2) is 6.04 Å². The molecule has 3 aromatic rings. The zero-order chi connectivity index (χ0) is 12.8. The minimum Gasteiger partial charge on any atom is -0.327 e. The molecule has 0 heterocycles. The summed E-state index contributed by atoms with van der Waals surface area (Å²) in [6, 6.07) is 18.0. The van der Waals surface area contributed by atoms with Gasteiger partial charge in [-0.15, -0.1) is 0 Å². The van der Waals surface area contributed by atoms with Gasteiger partial charge >= 0.3 is 0 Å². The van der Waals surface area contributed by atoms with Crippen LogP contribution in [0.25, 0.3) is 21.5 Å². The lowest BCUT2D eigenvalue weighted by Gasteiger charge is -2.23. The molecule has 0 saturated heterocycles. The topological polar surface area (TPSA) is 26.0 Å². The molecule has 0 aliphatic heterocycles. The highest BCUT2D eigenvalue weighted by molar-refractivity contribution is 6.08. The maximum Gasteiger partial charge on any atom is 0.00828 e. The second kappa shape index (κ2) is 4.07. The number of nitrogens with two attached hydrogens (primary N) is 1. The first-order chi connectivity index (χ1) is 9.33. The van der Waals surface area contributed by atoms with Crippen molar-refractivity contribution in [2.45, 2.75) is 25.3 Å². The van der Waals surface area contributed by atoms with Crippen molar-refractivity contribution in [1.82, 2.24) is 0 Å². The molecule has 19 heavy (non-hydrogen) atoms. The molecule has 1 atom stereocenters. The zero-order valence-corrected chi connectivity index (χ0v) is 10.9. The van der Waals surface area contributed by atoms with Crippen LogP contribution in [0.2, 0.25) is 0 Å². The number of benzene rings is 3. The van der Waals surface area contributed by atoms with Crippen LogP contribution in [0.4, 0.5) is 0 Å². The van der Waals surface area contributed by atoms with Gasteiger partial charge in [0.25, 0.3) is 0 Å². The molecule has 0 saturated carbocycles. The molecule has 0 radical (unpaired) electrons. The van der Waals surface area contributed by atoms with Crippen LogP contribution in [0.3, 0.4) is 0 Å². The Balaban J connectivity index is 2.10. The summed E-state index contributed by atoms with van der Waals surface area (Å²) in [6.07, 6.45) is 3.26. The maximum absolute atomic E-state index is 6.15. The van der Waals surface area contributed by atoms with E-state index in [4.69, 9.17) is 5.73 Å². The van der Waals surface area contributed by atoms with Crippen LogP contribution >= 0.6 is 0 Å². The number of aryl methyl sites for hydroxylation is 1. The zero-order valence-electron chi connectivity index (χ0n) is 10.9. The van der Waals surface area contributed by atoms with Crippen LogP contribution in [0.1, 0.15) is 17.5 Å². The Morgan fingerprint density at radius 2 is 1.68 bits per heavy atom. The first-order valence-electron chi connectivity index (χ1n) is 7.01. The fraction of sp³-hybridized carbons (Fsp3) is 0.222. The summed E-state index contributed by atoms with van der Waals surface area (Å²) in [4.78, 5) is 0. The van der Waals surface area contributed by atoms with Gasteiger partial charge in [-0.25, -0.2) is 0 Å². The standard InChI is InChI=1S/C18H17N/c19-14-8-5-13-7-9-16-15-4-2-1-3-12(15)6-10-17(16)18(13)11-14/h1-4,6-7,9-10,14H,5,8,11,19H2. The summed E-state index contributed by atoms with van der Waals surface area (Å²) in [5.41, 5.74) is 9.12. The van der Waals surface area contributed by atoms with Gasteiger partial charge in [0.2, 0.25) is 0 Å². The lowest BCUT2D eigenvalue weighted by Crippen LogP contribution is -2.27. The molecule has 94 valence electrons. The van der Waals surface area contributed by atoms with Gasteiger partial charge in [0, 0.05) is 6.04 Å². The minimum atomic E-state index is 0.324. The largest absolute Gasteiger partial charge is 0.327 e. The van der Waals surface area contributed by atoms with Gasteiger partial charge in [0.05, 0.1) is 0 Å². The fourth-order valence-electron chi connectivity index (χ4n) is 3.38. The van der Waals surface area contributed by atoms with Crippen LogP contribution in [0, 0.1) is 0 Å². The summed E-state index contributed by atoms with van der Waals surface area (Å²) in [6.45, 7) is 0. The van der Waals surface area contributed by atoms with E-state index in [9.17, 15) is 0 Å². The third kappa shape index (κ3) is 1.66. The molecule has 0 spiro atoms. The Hall–Kier alpha value is -1.86. The van der Waals surface area contributed by atoms with Crippen molar-refractivity contribution in [3.05, 3.63) is 59.7 Å². The van der Waals surface area contributed by atoms with Crippen molar-refractivity contribution in [1.29, 1.82) is 0 Å². The SMILES string of the molecule is NC1CCc2ccc3c(ccc4ccccc43)c2C1. The van der Waals surface area contributed by atoms with Crippen LogP contribution in [0.15, 0.2) is 48.5 Å². The Bertz CT molecular complexity index is 773. The molecular weight excluding hydrogens is 230 g/mol. The van der Waals surface area contributed by atoms with Crippen LogP contribution in [-0.2, 0) is 12.8 Å². The summed E-state index contributed by atoms with van der Waals surface area (Å²) >= 11 is 0. The van der Waals surface area contributed by atoms with Gasteiger partial charge < -0.3 is 5.73 Å². The van der Waals surface area contributed by atoms with Gasteiger partial charge in [0.15, 0.2) is 0 Å². The maximum atomic E-state index is 6.15. The predicted octanol–water partition coefficient (Wildman–Crippen LogP) is 3.81. The average molecular weight is 247 g/mol. The quantitative estimate of drug-likeness (QED) is 0.601.